The second-order valence-electron chi connectivity index (χ2n) is 3.63. The maximum absolute atomic E-state index is 13.3. The van der Waals surface area contributed by atoms with Crippen molar-refractivity contribution >= 4 is 17.6 Å². The minimum atomic E-state index is -0.627. The lowest BCUT2D eigenvalue weighted by Crippen LogP contribution is -2.07. The zero-order valence-corrected chi connectivity index (χ0v) is 9.32. The highest BCUT2D eigenvalue weighted by Gasteiger charge is 2.05. The largest absolute Gasteiger partial charge is 0.383 e. The molecule has 0 radical (unpaired) electrons. The van der Waals surface area contributed by atoms with Crippen molar-refractivity contribution in [1.82, 2.24) is 9.97 Å². The summed E-state index contributed by atoms with van der Waals surface area (Å²) in [6.07, 6.45) is 0. The Bertz CT molecular complexity index is 553. The first-order chi connectivity index (χ1) is 8.54. The van der Waals surface area contributed by atoms with E-state index in [1.165, 1.54) is 18.2 Å². The van der Waals surface area contributed by atoms with Crippen molar-refractivity contribution in [3.8, 4) is 0 Å². The Balaban J connectivity index is 2.11. The molecule has 0 amide bonds. The van der Waals surface area contributed by atoms with E-state index < -0.39 is 11.6 Å². The first-order valence-electron chi connectivity index (χ1n) is 5.12. The molecule has 5 nitrogen and oxygen atoms in total. The highest BCUT2D eigenvalue weighted by Crippen LogP contribution is 2.13. The van der Waals surface area contributed by atoms with Gasteiger partial charge in [0.25, 0.3) is 0 Å². The topological polar surface area (TPSA) is 89.8 Å². The van der Waals surface area contributed by atoms with Gasteiger partial charge in [-0.2, -0.15) is 9.97 Å². The Morgan fingerprint density at radius 2 is 1.89 bits per heavy atom. The number of hydrogen-bond acceptors (Lipinski definition) is 5. The average molecular weight is 251 g/mol. The fraction of sp³-hybridized carbons (Fsp3) is 0.0909. The molecule has 94 valence electrons. The van der Waals surface area contributed by atoms with E-state index in [1.54, 1.807) is 0 Å². The summed E-state index contributed by atoms with van der Waals surface area (Å²) >= 11 is 0. The third-order valence-corrected chi connectivity index (χ3v) is 2.24. The van der Waals surface area contributed by atoms with Crippen LogP contribution in [-0.2, 0) is 6.54 Å². The number of rotatable bonds is 3. The van der Waals surface area contributed by atoms with Crippen molar-refractivity contribution in [3.05, 3.63) is 41.5 Å². The molecule has 1 heterocycles. The van der Waals surface area contributed by atoms with Crippen LogP contribution in [0.25, 0.3) is 0 Å². The van der Waals surface area contributed by atoms with E-state index in [4.69, 9.17) is 11.5 Å². The minimum Gasteiger partial charge on any atom is -0.383 e. The molecule has 0 atom stereocenters. The number of anilines is 3. The summed E-state index contributed by atoms with van der Waals surface area (Å²) < 4.78 is 26.1. The number of halogens is 2. The summed E-state index contributed by atoms with van der Waals surface area (Å²) in [7, 11) is 0. The van der Waals surface area contributed by atoms with Gasteiger partial charge in [0.15, 0.2) is 0 Å². The number of nitrogens with one attached hydrogen (secondary N) is 1. The molecule has 0 unspecified atom stereocenters. The molecule has 0 aliphatic carbocycles. The zero-order chi connectivity index (χ0) is 13.1. The molecule has 7 heteroatoms. The molecule has 0 bridgehead atoms. The van der Waals surface area contributed by atoms with Gasteiger partial charge in [-0.1, -0.05) is 6.07 Å². The van der Waals surface area contributed by atoms with Crippen LogP contribution in [0.1, 0.15) is 5.56 Å². The van der Waals surface area contributed by atoms with Crippen molar-refractivity contribution in [2.24, 2.45) is 0 Å². The molecule has 0 saturated heterocycles. The summed E-state index contributed by atoms with van der Waals surface area (Å²) in [6.45, 7) is 0.141. The van der Waals surface area contributed by atoms with Gasteiger partial charge in [-0.15, -0.1) is 0 Å². The summed E-state index contributed by atoms with van der Waals surface area (Å²) in [5, 5.41) is 2.83. The predicted octanol–water partition coefficient (Wildman–Crippen LogP) is 1.53. The van der Waals surface area contributed by atoms with Crippen molar-refractivity contribution in [2.45, 2.75) is 6.54 Å². The summed E-state index contributed by atoms with van der Waals surface area (Å²) in [5.41, 5.74) is 11.2. The molecule has 1 aromatic carbocycles. The molecule has 5 N–H and O–H groups in total. The molecule has 0 fully saturated rings. The van der Waals surface area contributed by atoms with Crippen LogP contribution < -0.4 is 16.8 Å². The van der Waals surface area contributed by atoms with Gasteiger partial charge in [-0.05, 0) is 6.07 Å². The minimum absolute atomic E-state index is 0.0251. The fourth-order valence-electron chi connectivity index (χ4n) is 1.43. The Morgan fingerprint density at radius 3 is 2.56 bits per heavy atom. The first kappa shape index (κ1) is 12.0. The van der Waals surface area contributed by atoms with Crippen molar-refractivity contribution in [3.63, 3.8) is 0 Å². The van der Waals surface area contributed by atoms with Gasteiger partial charge in [0.05, 0.1) is 0 Å². The van der Waals surface area contributed by atoms with Crippen LogP contribution in [0.4, 0.5) is 26.4 Å². The SMILES string of the molecule is Nc1cc(NCc2ccc(F)cc2F)nc(N)n1. The van der Waals surface area contributed by atoms with Crippen molar-refractivity contribution in [2.75, 3.05) is 16.8 Å². The summed E-state index contributed by atoms with van der Waals surface area (Å²) in [5.74, 6) is -0.630. The lowest BCUT2D eigenvalue weighted by atomic mass is 10.2. The third kappa shape index (κ3) is 2.82. The Kier molecular flexibility index (Phi) is 3.22. The van der Waals surface area contributed by atoms with Gasteiger partial charge < -0.3 is 16.8 Å². The molecule has 2 aromatic rings. The molecule has 1 aromatic heterocycles. The molecule has 0 saturated carbocycles. The monoisotopic (exact) mass is 251 g/mol. The highest BCUT2D eigenvalue weighted by molar-refractivity contribution is 5.48. The smallest absolute Gasteiger partial charge is 0.223 e. The second kappa shape index (κ2) is 4.82. The van der Waals surface area contributed by atoms with Gasteiger partial charge in [-0.3, -0.25) is 0 Å². The van der Waals surface area contributed by atoms with Gasteiger partial charge in [0.1, 0.15) is 23.3 Å². The molecular weight excluding hydrogens is 240 g/mol. The standard InChI is InChI=1S/C11H11F2N5/c12-7-2-1-6(8(13)3-7)5-16-10-4-9(14)17-11(15)18-10/h1-4H,5H2,(H5,14,15,16,17,18). The van der Waals surface area contributed by atoms with Gasteiger partial charge >= 0.3 is 0 Å². The van der Waals surface area contributed by atoms with Crippen LogP contribution in [0.2, 0.25) is 0 Å². The predicted molar refractivity (Wildman–Crippen MR) is 64.5 cm³/mol. The molecule has 18 heavy (non-hydrogen) atoms. The van der Waals surface area contributed by atoms with Crippen LogP contribution in [0, 0.1) is 11.6 Å². The number of nitrogens with zero attached hydrogens (tertiary/aromatic N) is 2. The number of benzene rings is 1. The van der Waals surface area contributed by atoms with E-state index in [-0.39, 0.29) is 18.3 Å². The fourth-order valence-corrected chi connectivity index (χ4v) is 1.43. The summed E-state index contributed by atoms with van der Waals surface area (Å²) in [4.78, 5) is 7.57. The highest BCUT2D eigenvalue weighted by atomic mass is 19.1. The molecule has 2 rings (SSSR count). The Morgan fingerprint density at radius 1 is 1.11 bits per heavy atom. The lowest BCUT2D eigenvalue weighted by Gasteiger charge is -2.07. The number of hydrogen-bond donors (Lipinski definition) is 3. The molecule has 0 spiro atoms. The van der Waals surface area contributed by atoms with Gasteiger partial charge in [-0.25, -0.2) is 8.78 Å². The van der Waals surface area contributed by atoms with Crippen LogP contribution in [-0.4, -0.2) is 9.97 Å². The maximum Gasteiger partial charge on any atom is 0.223 e. The molecular formula is C11H11F2N5. The molecule has 0 aliphatic rings. The second-order valence-corrected chi connectivity index (χ2v) is 3.63. The van der Waals surface area contributed by atoms with Crippen LogP contribution >= 0.6 is 0 Å². The Hall–Kier alpha value is -2.44. The van der Waals surface area contributed by atoms with E-state index in [0.29, 0.717) is 11.4 Å². The maximum atomic E-state index is 13.3. The van der Waals surface area contributed by atoms with Crippen molar-refractivity contribution in [1.29, 1.82) is 0 Å². The average Bonchev–Trinajstić information content (AvgIpc) is 2.26. The van der Waals surface area contributed by atoms with E-state index in [2.05, 4.69) is 15.3 Å². The quantitative estimate of drug-likeness (QED) is 0.769. The van der Waals surface area contributed by atoms with Crippen LogP contribution in [0.3, 0.4) is 0 Å². The van der Waals surface area contributed by atoms with Crippen LogP contribution in [0.5, 0.6) is 0 Å². The number of nitrogen functional groups attached to an aromatic ring is 2. The zero-order valence-electron chi connectivity index (χ0n) is 9.32. The van der Waals surface area contributed by atoms with Crippen LogP contribution in [0.15, 0.2) is 24.3 Å². The Labute approximate surface area is 102 Å². The number of nitrogens with two attached hydrogens (primary N) is 2. The van der Waals surface area contributed by atoms with E-state index >= 15 is 0 Å². The third-order valence-electron chi connectivity index (χ3n) is 2.24. The first-order valence-corrected chi connectivity index (χ1v) is 5.12. The van der Waals surface area contributed by atoms with E-state index in [9.17, 15) is 8.78 Å². The normalized spacial score (nSPS) is 10.3. The van der Waals surface area contributed by atoms with Crippen molar-refractivity contribution < 1.29 is 8.78 Å². The summed E-state index contributed by atoms with van der Waals surface area (Å²) in [6, 6.07) is 4.83. The molecule has 0 aliphatic heterocycles. The van der Waals surface area contributed by atoms with E-state index in [0.717, 1.165) is 6.07 Å². The van der Waals surface area contributed by atoms with Gasteiger partial charge in [0.2, 0.25) is 5.95 Å². The van der Waals surface area contributed by atoms with Gasteiger partial charge in [0, 0.05) is 24.2 Å². The number of aromatic nitrogens is 2. The lowest BCUT2D eigenvalue weighted by molar-refractivity contribution is 0.574. The van der Waals surface area contributed by atoms with E-state index in [1.807, 2.05) is 0 Å².